The maximum atomic E-state index is 14.7. The van der Waals surface area contributed by atoms with Crippen molar-refractivity contribution < 1.29 is 117 Å². The van der Waals surface area contributed by atoms with Gasteiger partial charge in [0.1, 0.15) is 78.9 Å². The lowest BCUT2D eigenvalue weighted by Crippen LogP contribution is -2.69. The second-order valence-electron chi connectivity index (χ2n) is 17.3. The SMILES string of the molecule is CC(=O)NC1C(O)OC(CO)C(O)C1OC1OC(C(=O)Nc2ccc(NS(C)(=O)=O)c(Oc3ccccc3)c2)C(CC2OC(CO)C(O)C(OC3OC(C(=O)O)[C@H](O)C(O)C3O)C2NC(C)=O)C(O)C1O. The van der Waals surface area contributed by atoms with Crippen molar-refractivity contribution in [3.8, 4) is 11.5 Å². The Morgan fingerprint density at radius 3 is 1.76 bits per heavy atom. The van der Waals surface area contributed by atoms with E-state index in [0.29, 0.717) is 0 Å². The number of sulfonamides is 1. The molecule has 4 heterocycles. The molecule has 0 spiro atoms. The van der Waals surface area contributed by atoms with Crippen molar-refractivity contribution in [3.63, 3.8) is 0 Å². The number of hydrogen-bond donors (Lipinski definition) is 15. The lowest BCUT2D eigenvalue weighted by molar-refractivity contribution is -0.335. The molecular formula is C42H58N4O24S. The zero-order valence-electron chi connectivity index (χ0n) is 37.9. The number of para-hydroxylation sites is 1. The number of carboxylic acids is 1. The van der Waals surface area contributed by atoms with Crippen LogP contribution in [0.1, 0.15) is 20.3 Å². The fraction of sp³-hybridized carbons (Fsp3) is 0.619. The highest BCUT2D eigenvalue weighted by molar-refractivity contribution is 7.92. The van der Waals surface area contributed by atoms with E-state index in [9.17, 15) is 83.8 Å². The standard InChI is InChI=1S/C42H58N4O24S/c1-15(49)43-25-22(65-23(13-47)28(52)35(25)68-42-33(57)30(54)31(55)37(70-42)39(59)60)12-19-27(51)32(56)41(69-36-26(44-16(2)50)40(61)66-24(14-48)29(36)53)67-34(19)38(58)45-17-9-10-20(46-71(3,62)63)21(11-17)64-18-7-5-4-6-8-18/h4-11,19,22-37,40-42,46-48,51-57,61H,12-14H2,1-3H3,(H,43,49)(H,44,50)(H,45,58)(H,59,60)/t19?,22?,23?,24?,25?,26?,27?,28?,29?,30?,31-,32?,33?,34?,35?,36?,37?,40?,41?,42?/m1/s1. The molecule has 6 rings (SSSR count). The van der Waals surface area contributed by atoms with Crippen molar-refractivity contribution in [2.45, 2.75) is 137 Å². The fourth-order valence-corrected chi connectivity index (χ4v) is 9.25. The van der Waals surface area contributed by atoms with Gasteiger partial charge in [0.05, 0.1) is 43.4 Å². The lowest BCUT2D eigenvalue weighted by Gasteiger charge is -2.50. The molecule has 0 radical (unpaired) electrons. The summed E-state index contributed by atoms with van der Waals surface area (Å²) in [6.45, 7) is 0.209. The molecule has 0 aromatic heterocycles. The zero-order valence-corrected chi connectivity index (χ0v) is 38.7. The average Bonchev–Trinajstić information content (AvgIpc) is 3.30. The molecule has 28 nitrogen and oxygen atoms in total. The van der Waals surface area contributed by atoms with E-state index >= 15 is 0 Å². The number of aliphatic hydroxyl groups is 10. The van der Waals surface area contributed by atoms with Gasteiger partial charge in [0.25, 0.3) is 5.91 Å². The number of carbonyl (C=O) groups is 4. The number of rotatable bonds is 17. The van der Waals surface area contributed by atoms with Crippen LogP contribution >= 0.6 is 0 Å². The van der Waals surface area contributed by atoms with Gasteiger partial charge in [-0.25, -0.2) is 13.2 Å². The molecule has 3 amide bonds. The predicted molar refractivity (Wildman–Crippen MR) is 234 cm³/mol. The molecule has 4 saturated heterocycles. The number of aliphatic hydroxyl groups excluding tert-OH is 10. The van der Waals surface area contributed by atoms with Crippen LogP contribution in [0.5, 0.6) is 11.5 Å². The number of hydrogen-bond acceptors (Lipinski definition) is 23. The monoisotopic (exact) mass is 1030 g/mol. The highest BCUT2D eigenvalue weighted by atomic mass is 32.2. The first-order chi connectivity index (χ1) is 33.4. The van der Waals surface area contributed by atoms with Crippen molar-refractivity contribution in [1.82, 2.24) is 10.6 Å². The van der Waals surface area contributed by atoms with Crippen LogP contribution in [0, 0.1) is 5.92 Å². The van der Waals surface area contributed by atoms with Crippen molar-refractivity contribution >= 4 is 45.1 Å². The van der Waals surface area contributed by atoms with E-state index in [1.807, 2.05) is 0 Å². The predicted octanol–water partition coefficient (Wildman–Crippen LogP) is -5.90. The summed E-state index contributed by atoms with van der Waals surface area (Å²) < 4.78 is 67.1. The summed E-state index contributed by atoms with van der Waals surface area (Å²) in [5, 5.41) is 126. The second kappa shape index (κ2) is 23.4. The minimum atomic E-state index is -3.89. The van der Waals surface area contributed by atoms with Gasteiger partial charge in [-0.05, 0) is 30.7 Å². The maximum Gasteiger partial charge on any atom is 0.335 e. The molecule has 4 fully saturated rings. The van der Waals surface area contributed by atoms with Gasteiger partial charge in [-0.2, -0.15) is 0 Å². The third-order valence-corrected chi connectivity index (χ3v) is 12.6. The summed E-state index contributed by atoms with van der Waals surface area (Å²) in [7, 11) is -3.89. The number of nitrogens with one attached hydrogen (secondary N) is 4. The summed E-state index contributed by atoms with van der Waals surface area (Å²) in [6.07, 6.45) is -33.3. The second-order valence-corrected chi connectivity index (χ2v) is 19.1. The first-order valence-electron chi connectivity index (χ1n) is 21.9. The summed E-state index contributed by atoms with van der Waals surface area (Å²) in [5.41, 5.74) is -0.147. The maximum absolute atomic E-state index is 14.7. The Labute approximate surface area is 404 Å². The van der Waals surface area contributed by atoms with E-state index in [0.717, 1.165) is 20.1 Å². The molecule has 20 atom stereocenters. The quantitative estimate of drug-likeness (QED) is 0.0701. The minimum absolute atomic E-state index is 0.0635. The highest BCUT2D eigenvalue weighted by Gasteiger charge is 2.57. The van der Waals surface area contributed by atoms with Crippen LogP contribution in [-0.2, 0) is 57.6 Å². The lowest BCUT2D eigenvalue weighted by atomic mass is 9.80. The molecule has 396 valence electrons. The molecule has 4 aliphatic rings. The van der Waals surface area contributed by atoms with E-state index in [-0.39, 0.29) is 22.9 Å². The first kappa shape index (κ1) is 55.5. The number of carbonyl (C=O) groups excluding carboxylic acids is 3. The zero-order chi connectivity index (χ0) is 52.2. The third-order valence-electron chi connectivity index (χ3n) is 12.0. The van der Waals surface area contributed by atoms with Gasteiger partial charge < -0.3 is 105 Å². The van der Waals surface area contributed by atoms with Gasteiger partial charge in [-0.15, -0.1) is 0 Å². The van der Waals surface area contributed by atoms with Gasteiger partial charge in [0.15, 0.2) is 30.7 Å². The van der Waals surface area contributed by atoms with Crippen molar-refractivity contribution in [1.29, 1.82) is 0 Å². The van der Waals surface area contributed by atoms with Crippen LogP contribution in [0.2, 0.25) is 0 Å². The summed E-state index contributed by atoms with van der Waals surface area (Å²) in [6, 6.07) is 8.54. The Balaban J connectivity index is 1.38. The van der Waals surface area contributed by atoms with Gasteiger partial charge in [-0.3, -0.25) is 19.1 Å². The van der Waals surface area contributed by atoms with Gasteiger partial charge in [0, 0.05) is 31.5 Å². The van der Waals surface area contributed by atoms with Crippen molar-refractivity contribution in [2.24, 2.45) is 5.92 Å². The van der Waals surface area contributed by atoms with Crippen molar-refractivity contribution in [3.05, 3.63) is 48.5 Å². The Morgan fingerprint density at radius 2 is 1.20 bits per heavy atom. The molecule has 2 aromatic rings. The van der Waals surface area contributed by atoms with E-state index < -0.39 is 176 Å². The molecule has 2 aromatic carbocycles. The fourth-order valence-electron chi connectivity index (χ4n) is 8.68. The Bertz CT molecular complexity index is 2290. The molecule has 0 saturated carbocycles. The van der Waals surface area contributed by atoms with Crippen LogP contribution in [0.4, 0.5) is 11.4 Å². The average molecular weight is 1030 g/mol. The number of aliphatic carboxylic acids is 1. The van der Waals surface area contributed by atoms with Crippen LogP contribution in [0.25, 0.3) is 0 Å². The van der Waals surface area contributed by atoms with E-state index in [1.54, 1.807) is 30.3 Å². The minimum Gasteiger partial charge on any atom is -0.479 e. The van der Waals surface area contributed by atoms with E-state index in [2.05, 4.69) is 20.7 Å². The normalized spacial score (nSPS) is 37.5. The van der Waals surface area contributed by atoms with Gasteiger partial charge >= 0.3 is 5.97 Å². The molecule has 4 aliphatic heterocycles. The molecule has 0 bridgehead atoms. The topological polar surface area (TPSA) is 438 Å². The molecule has 29 heteroatoms. The summed E-state index contributed by atoms with van der Waals surface area (Å²) >= 11 is 0. The smallest absolute Gasteiger partial charge is 0.335 e. The summed E-state index contributed by atoms with van der Waals surface area (Å²) in [5.74, 6) is -6.07. The molecular weight excluding hydrogens is 977 g/mol. The molecule has 0 aliphatic carbocycles. The van der Waals surface area contributed by atoms with Crippen LogP contribution in [0.15, 0.2) is 48.5 Å². The van der Waals surface area contributed by atoms with Crippen LogP contribution in [0.3, 0.4) is 0 Å². The van der Waals surface area contributed by atoms with Crippen molar-refractivity contribution in [2.75, 3.05) is 29.5 Å². The number of anilines is 2. The number of benzene rings is 2. The Hall–Kier alpha value is -4.77. The van der Waals surface area contributed by atoms with E-state index in [1.165, 1.54) is 18.2 Å². The third kappa shape index (κ3) is 13.1. The molecule has 19 unspecified atom stereocenters. The van der Waals surface area contributed by atoms with E-state index in [4.69, 9.17) is 33.2 Å². The first-order valence-corrected chi connectivity index (χ1v) is 23.8. The number of ether oxygens (including phenoxy) is 7. The highest BCUT2D eigenvalue weighted by Crippen LogP contribution is 2.39. The molecule has 71 heavy (non-hydrogen) atoms. The number of carboxylic acid groups (broad SMARTS) is 1. The molecule has 15 N–H and O–H groups in total. The van der Waals surface area contributed by atoms with Crippen LogP contribution < -0.4 is 25.4 Å². The largest absolute Gasteiger partial charge is 0.479 e. The number of amides is 3. The summed E-state index contributed by atoms with van der Waals surface area (Å²) in [4.78, 5) is 51.5. The Kier molecular flexibility index (Phi) is 18.3. The van der Waals surface area contributed by atoms with Crippen LogP contribution in [-0.4, -0.2) is 224 Å². The Morgan fingerprint density at radius 1 is 0.648 bits per heavy atom. The van der Waals surface area contributed by atoms with Gasteiger partial charge in [-0.1, -0.05) is 18.2 Å². The van der Waals surface area contributed by atoms with Gasteiger partial charge in [0.2, 0.25) is 21.8 Å².